The number of carbonyl (C=O) groups is 5. The molecular weight excluding hydrogens is 627 g/mol. The fraction of sp³-hybridized carbons (Fsp3) is 0.333. The van der Waals surface area contributed by atoms with Gasteiger partial charge in [0.2, 0.25) is 0 Å². The molecule has 13 heteroatoms. The molecule has 1 aromatic heterocycles. The van der Waals surface area contributed by atoms with Crippen LogP contribution in [0.1, 0.15) is 42.5 Å². The fourth-order valence-corrected chi connectivity index (χ4v) is 6.60. The monoisotopic (exact) mass is 658 g/mol. The van der Waals surface area contributed by atoms with Crippen LogP contribution >= 0.6 is 0 Å². The van der Waals surface area contributed by atoms with Gasteiger partial charge in [0.05, 0.1) is 0 Å². The number of anilines is 1. The average molecular weight is 658 g/mol. The van der Waals surface area contributed by atoms with Crippen molar-refractivity contribution in [2.75, 3.05) is 11.9 Å². The second-order valence-corrected chi connectivity index (χ2v) is 11.6. The molecule has 1 aliphatic heterocycles. The first-order valence-electron chi connectivity index (χ1n) is 13.3. The molecule has 1 aliphatic rings. The van der Waals surface area contributed by atoms with Crippen LogP contribution in [0.3, 0.4) is 0 Å². The SMILES string of the molecule is CC(=O)OCC1O[C@@H](OC(C)=O)C(Nc2nc(-c3ccccc3)c(C(=O)c3ccccc3)[se]2)C(OC(C)=O)[C@@H]1OC(C)=O. The molecule has 1 N–H and O–H groups in total. The van der Waals surface area contributed by atoms with E-state index in [0.717, 1.165) is 6.92 Å². The predicted molar refractivity (Wildman–Crippen MR) is 152 cm³/mol. The summed E-state index contributed by atoms with van der Waals surface area (Å²) in [5.74, 6) is -2.97. The summed E-state index contributed by atoms with van der Waals surface area (Å²) < 4.78 is 28.4. The van der Waals surface area contributed by atoms with E-state index in [-0.39, 0.29) is 12.4 Å². The van der Waals surface area contributed by atoms with Gasteiger partial charge in [-0.15, -0.1) is 0 Å². The third-order valence-corrected chi connectivity index (χ3v) is 8.26. The molecule has 4 rings (SSSR count). The summed E-state index contributed by atoms with van der Waals surface area (Å²) in [5, 5.41) is 3.16. The Morgan fingerprint density at radius 2 is 1.37 bits per heavy atom. The summed E-state index contributed by atoms with van der Waals surface area (Å²) in [5.41, 5.74) is 1.67. The second kappa shape index (κ2) is 14.2. The molecule has 0 radical (unpaired) electrons. The van der Waals surface area contributed by atoms with Gasteiger partial charge in [-0.1, -0.05) is 0 Å². The molecule has 2 aromatic carbocycles. The van der Waals surface area contributed by atoms with Gasteiger partial charge < -0.3 is 0 Å². The number of hydrogen-bond donors (Lipinski definition) is 1. The number of nitrogens with zero attached hydrogens (tertiary/aromatic N) is 1. The van der Waals surface area contributed by atoms with E-state index < -0.39 is 69.0 Å². The van der Waals surface area contributed by atoms with Gasteiger partial charge in [0, 0.05) is 0 Å². The van der Waals surface area contributed by atoms with Crippen molar-refractivity contribution in [1.82, 2.24) is 4.98 Å². The normalized spacial score (nSPS) is 21.3. The van der Waals surface area contributed by atoms with Crippen molar-refractivity contribution in [2.24, 2.45) is 0 Å². The molecule has 5 atom stereocenters. The Bertz CT molecular complexity index is 1480. The Hall–Kier alpha value is -4.32. The zero-order valence-electron chi connectivity index (χ0n) is 23.8. The van der Waals surface area contributed by atoms with Gasteiger partial charge in [0.15, 0.2) is 0 Å². The van der Waals surface area contributed by atoms with Gasteiger partial charge >= 0.3 is 254 Å². The number of carbonyl (C=O) groups excluding carboxylic acids is 5. The number of hydrogen-bond acceptors (Lipinski definition) is 12. The van der Waals surface area contributed by atoms with Crippen LogP contribution < -0.4 is 5.32 Å². The van der Waals surface area contributed by atoms with Crippen molar-refractivity contribution in [3.8, 4) is 11.3 Å². The van der Waals surface area contributed by atoms with Crippen molar-refractivity contribution in [3.63, 3.8) is 0 Å². The topological polar surface area (TPSA) is 156 Å². The van der Waals surface area contributed by atoms with Crippen molar-refractivity contribution in [3.05, 3.63) is 70.7 Å². The van der Waals surface area contributed by atoms with Gasteiger partial charge in [0.25, 0.3) is 0 Å². The molecule has 3 unspecified atom stereocenters. The first-order valence-corrected chi connectivity index (χ1v) is 15.0. The number of aromatic nitrogens is 1. The molecular formula is C30H30N2O10Se. The van der Waals surface area contributed by atoms with Gasteiger partial charge in [-0.2, -0.15) is 0 Å². The maximum absolute atomic E-state index is 13.6. The number of benzene rings is 2. The molecule has 0 aliphatic carbocycles. The van der Waals surface area contributed by atoms with E-state index in [1.165, 1.54) is 20.8 Å². The van der Waals surface area contributed by atoms with Gasteiger partial charge in [-0.25, -0.2) is 0 Å². The van der Waals surface area contributed by atoms with Crippen LogP contribution in [-0.4, -0.2) is 86.4 Å². The summed E-state index contributed by atoms with van der Waals surface area (Å²) >= 11 is -0.675. The molecule has 0 saturated carbocycles. The maximum atomic E-state index is 13.6. The predicted octanol–water partition coefficient (Wildman–Crippen LogP) is 2.53. The minimum atomic E-state index is -1.39. The summed E-state index contributed by atoms with van der Waals surface area (Å²) in [6.45, 7) is 4.31. The third-order valence-electron chi connectivity index (χ3n) is 6.19. The van der Waals surface area contributed by atoms with E-state index in [4.69, 9.17) is 28.7 Å². The van der Waals surface area contributed by atoms with E-state index in [0.29, 0.717) is 25.9 Å². The van der Waals surface area contributed by atoms with Crippen LogP contribution in [-0.2, 0) is 42.9 Å². The van der Waals surface area contributed by atoms with Crippen molar-refractivity contribution in [1.29, 1.82) is 0 Å². The Kier molecular flexibility index (Phi) is 10.5. The Morgan fingerprint density at radius 1 is 0.791 bits per heavy atom. The van der Waals surface area contributed by atoms with Crippen LogP contribution in [0.5, 0.6) is 0 Å². The van der Waals surface area contributed by atoms with E-state index in [9.17, 15) is 24.0 Å². The summed E-state index contributed by atoms with van der Waals surface area (Å²) in [6, 6.07) is 16.8. The molecule has 2 heterocycles. The first kappa shape index (κ1) is 31.6. The van der Waals surface area contributed by atoms with Crippen molar-refractivity contribution < 1.29 is 47.7 Å². The van der Waals surface area contributed by atoms with E-state index in [1.54, 1.807) is 24.3 Å². The van der Waals surface area contributed by atoms with Gasteiger partial charge in [0.1, 0.15) is 0 Å². The van der Waals surface area contributed by atoms with Crippen LogP contribution in [0, 0.1) is 0 Å². The van der Waals surface area contributed by atoms with E-state index in [1.807, 2.05) is 36.4 Å². The summed E-state index contributed by atoms with van der Waals surface area (Å²) in [4.78, 5) is 66.4. The Morgan fingerprint density at radius 3 is 1.95 bits per heavy atom. The third kappa shape index (κ3) is 8.16. The molecule has 226 valence electrons. The van der Waals surface area contributed by atoms with Crippen LogP contribution in [0.4, 0.5) is 4.69 Å². The first-order chi connectivity index (χ1) is 20.5. The van der Waals surface area contributed by atoms with Crippen molar-refractivity contribution in [2.45, 2.75) is 58.3 Å². The number of ketones is 1. The zero-order chi connectivity index (χ0) is 31.1. The van der Waals surface area contributed by atoms with Crippen LogP contribution in [0.25, 0.3) is 11.3 Å². The number of ether oxygens (including phenoxy) is 5. The molecule has 12 nitrogen and oxygen atoms in total. The Balaban J connectivity index is 1.78. The summed E-state index contributed by atoms with van der Waals surface area (Å²) in [7, 11) is 0. The van der Waals surface area contributed by atoms with Gasteiger partial charge in [-0.3, -0.25) is 0 Å². The molecule has 0 bridgehead atoms. The zero-order valence-corrected chi connectivity index (χ0v) is 25.5. The fourth-order valence-electron chi connectivity index (χ4n) is 4.51. The minimum absolute atomic E-state index is 0.202. The van der Waals surface area contributed by atoms with E-state index >= 15 is 0 Å². The quantitative estimate of drug-likeness (QED) is 0.147. The molecule has 0 spiro atoms. The molecule has 43 heavy (non-hydrogen) atoms. The summed E-state index contributed by atoms with van der Waals surface area (Å²) in [6.07, 6.45) is -5.07. The van der Waals surface area contributed by atoms with Gasteiger partial charge in [-0.05, 0) is 0 Å². The second-order valence-electron chi connectivity index (χ2n) is 9.53. The average Bonchev–Trinajstić information content (AvgIpc) is 3.39. The number of esters is 4. The molecule has 1 fully saturated rings. The Labute approximate surface area is 253 Å². The molecule has 1 saturated heterocycles. The number of rotatable bonds is 10. The number of nitrogens with one attached hydrogen (secondary N) is 1. The standard InChI is InChI=1S/C30H30N2O10Se/c1-16(33)38-15-22-26(39-17(2)34)27(40-18(3)35)24(29(42-22)41-19(4)36)32-30-31-23(20-11-7-5-8-12-20)28(43-30)25(37)21-13-9-6-10-14-21/h5-14,22,24,26-27,29H,15H2,1-4H3,(H,31,32)/t22?,24?,26-,27?,29-/m1/s1. The van der Waals surface area contributed by atoms with Crippen LogP contribution in [0.2, 0.25) is 0 Å². The van der Waals surface area contributed by atoms with Crippen LogP contribution in [0.15, 0.2) is 60.7 Å². The molecule has 0 amide bonds. The molecule has 3 aromatic rings. The van der Waals surface area contributed by atoms with Crippen molar-refractivity contribution >= 4 is 48.9 Å². The van der Waals surface area contributed by atoms with E-state index in [2.05, 4.69) is 5.32 Å².